The average Bonchev–Trinajstić information content (AvgIpc) is 2.14. The first-order valence-corrected chi connectivity index (χ1v) is 2.94. The summed E-state index contributed by atoms with van der Waals surface area (Å²) < 4.78 is 1.69. The van der Waals surface area contributed by atoms with Crippen LogP contribution in [0.1, 0.15) is 0 Å². The Morgan fingerprint density at radius 2 is 2.71 bits per heavy atom. The van der Waals surface area contributed by atoms with Gasteiger partial charge in [-0.2, -0.15) is 0 Å². The number of hydrogen-bond acceptors (Lipinski definition) is 3. The van der Waals surface area contributed by atoms with Crippen LogP contribution < -0.4 is 4.09 Å². The van der Waals surface area contributed by atoms with E-state index in [1.807, 2.05) is 6.26 Å². The Balaban J connectivity index is 2.76. The van der Waals surface area contributed by atoms with Gasteiger partial charge in [0.05, 0.1) is 0 Å². The minimum absolute atomic E-state index is 1.51. The van der Waals surface area contributed by atoms with Crippen LogP contribution in [0.2, 0.25) is 0 Å². The summed E-state index contributed by atoms with van der Waals surface area (Å²) >= 11 is 1.51. The summed E-state index contributed by atoms with van der Waals surface area (Å²) in [5, 5.41) is 9.60. The molecule has 0 atom stereocenters. The van der Waals surface area contributed by atoms with E-state index in [0.29, 0.717) is 0 Å². The highest BCUT2D eigenvalue weighted by Gasteiger charge is 1.91. The van der Waals surface area contributed by atoms with E-state index < -0.39 is 0 Å². The van der Waals surface area contributed by atoms with Crippen molar-refractivity contribution in [1.82, 2.24) is 15.5 Å². The first-order chi connectivity index (χ1) is 3.43. The molecule has 1 aromatic heterocycles. The molecule has 0 aliphatic rings. The molecule has 0 spiro atoms. The van der Waals surface area contributed by atoms with Gasteiger partial charge in [0.2, 0.25) is 0 Å². The third-order valence-corrected chi connectivity index (χ3v) is 1.12. The maximum atomic E-state index is 3.53. The summed E-state index contributed by atoms with van der Waals surface area (Å²) in [4.78, 5) is 0. The fourth-order valence-electron chi connectivity index (χ4n) is 0.256. The quantitative estimate of drug-likeness (QED) is 0.491. The van der Waals surface area contributed by atoms with Gasteiger partial charge in [0.15, 0.2) is 5.21 Å². The van der Waals surface area contributed by atoms with E-state index in [1.54, 1.807) is 10.4 Å². The fraction of sp³-hybridized carbons (Fsp3) is 0.500. The molecule has 4 nitrogen and oxygen atoms in total. The van der Waals surface area contributed by atoms with Crippen molar-refractivity contribution in [3.8, 4) is 0 Å². The van der Waals surface area contributed by atoms with Gasteiger partial charge in [0.1, 0.15) is 5.10 Å². The Labute approximate surface area is 45.0 Å². The molecule has 0 amide bonds. The lowest BCUT2D eigenvalue weighted by atomic mass is 11.4. The minimum Gasteiger partial charge on any atom is -0.0997 e. The highest BCUT2D eigenvalue weighted by atomic mass is 32.2. The highest BCUT2D eigenvalue weighted by molar-refractivity contribution is 7.92. The highest BCUT2D eigenvalue weighted by Crippen LogP contribution is 1.73. The Morgan fingerprint density at radius 1 is 1.86 bits per heavy atom. The molecule has 0 aromatic carbocycles. The molecule has 7 heavy (non-hydrogen) atoms. The number of hydrogen-bond donors (Lipinski definition) is 1. The number of rotatable bonds is 1. The van der Waals surface area contributed by atoms with Gasteiger partial charge in [0, 0.05) is 18.2 Å². The second-order valence-electron chi connectivity index (χ2n) is 0.939. The van der Waals surface area contributed by atoms with Crippen LogP contribution >= 0.6 is 11.9 Å². The standard InChI is InChI=1S/C2H4N4S/c1-7-6-2-3-4-5-6/h2H,1H3/p+1. The summed E-state index contributed by atoms with van der Waals surface area (Å²) in [6, 6.07) is 0. The summed E-state index contributed by atoms with van der Waals surface area (Å²) in [7, 11) is 0. The molecule has 1 heterocycles. The maximum Gasteiger partial charge on any atom is 0.299 e. The molecule has 1 rings (SSSR count). The number of tetrazole rings is 1. The summed E-state index contributed by atoms with van der Waals surface area (Å²) in [6.07, 6.45) is 3.53. The van der Waals surface area contributed by atoms with Crippen LogP contribution in [0.5, 0.6) is 0 Å². The predicted octanol–water partition coefficient (Wildman–Crippen LogP) is -0.782. The largest absolute Gasteiger partial charge is 0.299 e. The summed E-state index contributed by atoms with van der Waals surface area (Å²) in [5.41, 5.74) is 0. The van der Waals surface area contributed by atoms with Gasteiger partial charge >= 0.3 is 0 Å². The smallest absolute Gasteiger partial charge is 0.0997 e. The van der Waals surface area contributed by atoms with Gasteiger partial charge in [-0.1, -0.05) is 9.30 Å². The Bertz CT molecular complexity index is 124. The Kier molecular flexibility index (Phi) is 1.26. The van der Waals surface area contributed by atoms with E-state index >= 15 is 0 Å². The molecular weight excluding hydrogens is 112 g/mol. The van der Waals surface area contributed by atoms with Crippen LogP contribution in [0.25, 0.3) is 0 Å². The molecule has 0 radical (unpaired) electrons. The van der Waals surface area contributed by atoms with Crippen LogP contribution in [-0.2, 0) is 0 Å². The third kappa shape index (κ3) is 0.894. The molecule has 0 saturated carbocycles. The van der Waals surface area contributed by atoms with Gasteiger partial charge in [-0.3, -0.25) is 0 Å². The molecule has 0 saturated heterocycles. The number of H-pyrrole nitrogens is 1. The molecule has 0 aliphatic carbocycles. The summed E-state index contributed by atoms with van der Waals surface area (Å²) in [5.74, 6) is 0. The van der Waals surface area contributed by atoms with Crippen molar-refractivity contribution in [2.75, 3.05) is 6.26 Å². The normalized spacial score (nSPS) is 9.29. The predicted molar refractivity (Wildman–Crippen MR) is 25.5 cm³/mol. The lowest BCUT2D eigenvalue weighted by molar-refractivity contribution is -0.565. The number of aromatic amines is 1. The van der Waals surface area contributed by atoms with Crippen LogP contribution in [0, 0.1) is 0 Å². The zero-order chi connectivity index (χ0) is 5.11. The molecular formula is C2H5N4S+. The van der Waals surface area contributed by atoms with E-state index in [1.165, 1.54) is 11.9 Å². The SMILES string of the molecule is CS[n+]1cnn[nH]1. The molecule has 0 unspecified atom stereocenters. The first-order valence-electron chi connectivity index (χ1n) is 1.75. The number of nitrogens with zero attached hydrogens (tertiary/aromatic N) is 3. The van der Waals surface area contributed by atoms with Gasteiger partial charge in [-0.05, 0) is 0 Å². The minimum atomic E-state index is 1.51. The van der Waals surface area contributed by atoms with Gasteiger partial charge in [-0.15, -0.1) is 0 Å². The third-order valence-electron chi connectivity index (χ3n) is 0.554. The zero-order valence-electron chi connectivity index (χ0n) is 3.83. The molecule has 5 heteroatoms. The number of aromatic nitrogens is 4. The van der Waals surface area contributed by atoms with E-state index in [2.05, 4.69) is 15.5 Å². The van der Waals surface area contributed by atoms with Gasteiger partial charge < -0.3 is 0 Å². The monoisotopic (exact) mass is 117 g/mol. The second-order valence-corrected chi connectivity index (χ2v) is 1.70. The molecule has 38 valence electrons. The van der Waals surface area contributed by atoms with E-state index in [-0.39, 0.29) is 0 Å². The number of nitrogens with one attached hydrogen (secondary N) is 1. The lowest BCUT2D eigenvalue weighted by Crippen LogP contribution is -2.24. The van der Waals surface area contributed by atoms with Gasteiger partial charge in [0.25, 0.3) is 6.33 Å². The molecule has 0 fully saturated rings. The van der Waals surface area contributed by atoms with Crippen LogP contribution in [-0.4, -0.2) is 21.8 Å². The van der Waals surface area contributed by atoms with Crippen LogP contribution in [0.15, 0.2) is 6.33 Å². The van der Waals surface area contributed by atoms with Crippen molar-refractivity contribution >= 4 is 11.9 Å². The van der Waals surface area contributed by atoms with Crippen molar-refractivity contribution < 1.29 is 4.09 Å². The summed E-state index contributed by atoms with van der Waals surface area (Å²) in [6.45, 7) is 0. The zero-order valence-corrected chi connectivity index (χ0v) is 4.64. The molecule has 1 aromatic rings. The van der Waals surface area contributed by atoms with Gasteiger partial charge in [-0.25, -0.2) is 0 Å². The fourth-order valence-corrected chi connectivity index (χ4v) is 0.511. The van der Waals surface area contributed by atoms with E-state index in [4.69, 9.17) is 0 Å². The maximum absolute atomic E-state index is 3.53. The molecule has 0 aliphatic heterocycles. The lowest BCUT2D eigenvalue weighted by Gasteiger charge is -1.75. The van der Waals surface area contributed by atoms with Crippen LogP contribution in [0.3, 0.4) is 0 Å². The van der Waals surface area contributed by atoms with Crippen molar-refractivity contribution in [3.05, 3.63) is 6.33 Å². The van der Waals surface area contributed by atoms with E-state index in [0.717, 1.165) is 0 Å². The average molecular weight is 117 g/mol. The van der Waals surface area contributed by atoms with E-state index in [9.17, 15) is 0 Å². The molecule has 1 N–H and O–H groups in total. The second kappa shape index (κ2) is 1.92. The Morgan fingerprint density at radius 3 is 3.00 bits per heavy atom. The topological polar surface area (TPSA) is 45.5 Å². The Hall–Kier alpha value is -0.580. The van der Waals surface area contributed by atoms with Crippen LogP contribution in [0.4, 0.5) is 0 Å². The molecule has 0 bridgehead atoms. The van der Waals surface area contributed by atoms with Crippen molar-refractivity contribution in [1.29, 1.82) is 0 Å². The van der Waals surface area contributed by atoms with Crippen molar-refractivity contribution in [2.45, 2.75) is 0 Å². The van der Waals surface area contributed by atoms with Crippen molar-refractivity contribution in [2.24, 2.45) is 0 Å². The van der Waals surface area contributed by atoms with Crippen molar-refractivity contribution in [3.63, 3.8) is 0 Å². The first kappa shape index (κ1) is 4.58.